The van der Waals surface area contributed by atoms with Crippen LogP contribution in [-0.2, 0) is 19.1 Å². The number of unbranched alkanes of at least 4 members (excludes halogenated alkanes) is 7. The fraction of sp³-hybridized carbons (Fsp3) is 0.783. The monoisotopic (exact) mass is 394 g/mol. The van der Waals surface area contributed by atoms with E-state index in [2.05, 4.69) is 23.8 Å². The van der Waals surface area contributed by atoms with Crippen molar-refractivity contribution in [1.82, 2.24) is 0 Å². The van der Waals surface area contributed by atoms with Crippen molar-refractivity contribution in [3.63, 3.8) is 0 Å². The fourth-order valence-corrected chi connectivity index (χ4v) is 3.83. The highest BCUT2D eigenvalue weighted by molar-refractivity contribution is 6.33. The Hall–Kier alpha value is -1.49. The smallest absolute Gasteiger partial charge is 0.376 e. The van der Waals surface area contributed by atoms with Crippen molar-refractivity contribution in [3.05, 3.63) is 12.2 Å². The van der Waals surface area contributed by atoms with Gasteiger partial charge < -0.3 is 9.84 Å². The van der Waals surface area contributed by atoms with Crippen LogP contribution in [-0.4, -0.2) is 28.9 Å². The number of carbonyl (C=O) groups is 3. The number of ether oxygens (including phenoxy) is 1. The summed E-state index contributed by atoms with van der Waals surface area (Å²) < 4.78 is 4.46. The van der Waals surface area contributed by atoms with Crippen molar-refractivity contribution in [1.29, 1.82) is 0 Å². The van der Waals surface area contributed by atoms with E-state index < -0.39 is 18.0 Å². The van der Waals surface area contributed by atoms with Crippen molar-refractivity contribution in [2.24, 2.45) is 11.8 Å². The standard InChI is InChI=1S/C23H38O5/c1-3-4-5-6-7-10-13-19-16-17-21(25)20(19)14-11-8-9-12-15-22(26)23(27)28-18(2)24/h10,13,18-20,24H,3-9,11-12,14-17H2,1-2H3/t18?,19-,20+/m0/s1. The molecular formula is C23H38O5. The molecule has 5 heteroatoms. The minimum atomic E-state index is -1.25. The van der Waals surface area contributed by atoms with Crippen molar-refractivity contribution in [3.8, 4) is 0 Å². The van der Waals surface area contributed by atoms with E-state index in [0.717, 1.165) is 38.5 Å². The van der Waals surface area contributed by atoms with Gasteiger partial charge in [-0.05, 0) is 44.9 Å². The first-order valence-electron chi connectivity index (χ1n) is 11.1. The molecule has 1 rings (SSSR count). The van der Waals surface area contributed by atoms with Crippen molar-refractivity contribution in [2.75, 3.05) is 0 Å². The van der Waals surface area contributed by atoms with Crippen LogP contribution in [0.25, 0.3) is 0 Å². The van der Waals surface area contributed by atoms with Crippen LogP contribution in [0.15, 0.2) is 12.2 Å². The van der Waals surface area contributed by atoms with Gasteiger partial charge in [0.05, 0.1) is 0 Å². The lowest BCUT2D eigenvalue weighted by molar-refractivity contribution is -0.170. The second kappa shape index (κ2) is 14.5. The van der Waals surface area contributed by atoms with E-state index in [9.17, 15) is 14.4 Å². The summed E-state index contributed by atoms with van der Waals surface area (Å²) in [4.78, 5) is 35.0. The van der Waals surface area contributed by atoms with Crippen molar-refractivity contribution < 1.29 is 24.2 Å². The third-order valence-electron chi connectivity index (χ3n) is 5.44. The Bertz CT molecular complexity index is 509. The van der Waals surface area contributed by atoms with Gasteiger partial charge >= 0.3 is 5.97 Å². The third kappa shape index (κ3) is 10.2. The minimum absolute atomic E-state index is 0.150. The number of hydrogen-bond donors (Lipinski definition) is 1. The molecule has 0 heterocycles. The molecule has 28 heavy (non-hydrogen) atoms. The zero-order chi connectivity index (χ0) is 20.8. The summed E-state index contributed by atoms with van der Waals surface area (Å²) in [6, 6.07) is 0. The highest BCUT2D eigenvalue weighted by Crippen LogP contribution is 2.34. The molecule has 1 fully saturated rings. The topological polar surface area (TPSA) is 80.7 Å². The number of esters is 1. The van der Waals surface area contributed by atoms with E-state index in [1.807, 2.05) is 0 Å². The van der Waals surface area contributed by atoms with E-state index in [4.69, 9.17) is 5.11 Å². The minimum Gasteiger partial charge on any atom is -0.431 e. The second-order valence-electron chi connectivity index (χ2n) is 7.93. The van der Waals surface area contributed by atoms with E-state index in [0.29, 0.717) is 24.5 Å². The number of carbonyl (C=O) groups excluding carboxylic acids is 3. The van der Waals surface area contributed by atoms with Gasteiger partial charge in [-0.25, -0.2) is 4.79 Å². The van der Waals surface area contributed by atoms with E-state index >= 15 is 0 Å². The predicted molar refractivity (Wildman–Crippen MR) is 110 cm³/mol. The van der Waals surface area contributed by atoms with Crippen LogP contribution in [0.5, 0.6) is 0 Å². The molecule has 0 aromatic heterocycles. The van der Waals surface area contributed by atoms with Crippen molar-refractivity contribution in [2.45, 2.75) is 104 Å². The predicted octanol–water partition coefficient (Wildman–Crippen LogP) is 4.90. The van der Waals surface area contributed by atoms with Crippen LogP contribution in [0, 0.1) is 11.8 Å². The highest BCUT2D eigenvalue weighted by Gasteiger charge is 2.32. The molecule has 0 radical (unpaired) electrons. The van der Waals surface area contributed by atoms with Crippen LogP contribution in [0.1, 0.15) is 97.3 Å². The van der Waals surface area contributed by atoms with Gasteiger partial charge in [-0.3, -0.25) is 9.59 Å². The van der Waals surface area contributed by atoms with Crippen LogP contribution in [0.3, 0.4) is 0 Å². The average molecular weight is 395 g/mol. The molecule has 1 aliphatic carbocycles. The summed E-state index contributed by atoms with van der Waals surface area (Å²) in [5.41, 5.74) is 0. The Morgan fingerprint density at radius 2 is 1.86 bits per heavy atom. The number of ketones is 2. The molecule has 160 valence electrons. The van der Waals surface area contributed by atoms with Crippen LogP contribution in [0.4, 0.5) is 0 Å². The Balaban J connectivity index is 2.18. The molecule has 0 aliphatic heterocycles. The first-order valence-corrected chi connectivity index (χ1v) is 11.1. The molecule has 0 aromatic rings. The van der Waals surface area contributed by atoms with E-state index in [1.54, 1.807) is 0 Å². The maximum Gasteiger partial charge on any atom is 0.376 e. The summed E-state index contributed by atoms with van der Waals surface area (Å²) in [7, 11) is 0. The summed E-state index contributed by atoms with van der Waals surface area (Å²) in [5, 5.41) is 8.93. The molecule has 5 nitrogen and oxygen atoms in total. The molecular weight excluding hydrogens is 356 g/mol. The lowest BCUT2D eigenvalue weighted by Gasteiger charge is -2.14. The van der Waals surface area contributed by atoms with E-state index in [-0.39, 0.29) is 12.3 Å². The molecule has 1 aliphatic rings. The summed E-state index contributed by atoms with van der Waals surface area (Å²) in [5.74, 6) is -0.589. The highest BCUT2D eigenvalue weighted by atomic mass is 16.6. The molecule has 0 aromatic carbocycles. The number of aliphatic hydroxyl groups excluding tert-OH is 1. The molecule has 1 saturated carbocycles. The maximum atomic E-state index is 12.2. The summed E-state index contributed by atoms with van der Waals surface area (Å²) in [6.07, 6.45) is 15.6. The summed E-state index contributed by atoms with van der Waals surface area (Å²) >= 11 is 0. The Kier molecular flexibility index (Phi) is 12.7. The number of allylic oxidation sites excluding steroid dienone is 2. The quantitative estimate of drug-likeness (QED) is 0.140. The van der Waals surface area contributed by atoms with Gasteiger partial charge in [0.2, 0.25) is 5.78 Å². The molecule has 0 bridgehead atoms. The normalized spacial score (nSPS) is 20.6. The average Bonchev–Trinajstić information content (AvgIpc) is 3.00. The number of aliphatic hydroxyl groups is 1. The fourth-order valence-electron chi connectivity index (χ4n) is 3.83. The molecule has 1 N–H and O–H groups in total. The number of rotatable bonds is 15. The molecule has 0 spiro atoms. The van der Waals surface area contributed by atoms with Gasteiger partial charge in [0.15, 0.2) is 6.29 Å². The maximum absolute atomic E-state index is 12.2. The Morgan fingerprint density at radius 1 is 1.14 bits per heavy atom. The number of hydrogen-bond acceptors (Lipinski definition) is 5. The van der Waals surface area contributed by atoms with Gasteiger partial charge in [-0.1, -0.05) is 57.6 Å². The first-order chi connectivity index (χ1) is 13.5. The molecule has 1 unspecified atom stereocenters. The molecule has 0 amide bonds. The van der Waals surface area contributed by atoms with Crippen LogP contribution in [0.2, 0.25) is 0 Å². The van der Waals surface area contributed by atoms with Crippen LogP contribution >= 0.6 is 0 Å². The second-order valence-corrected chi connectivity index (χ2v) is 7.93. The van der Waals surface area contributed by atoms with Gasteiger partial charge in [0.25, 0.3) is 0 Å². The Morgan fingerprint density at radius 3 is 2.57 bits per heavy atom. The largest absolute Gasteiger partial charge is 0.431 e. The molecule has 0 saturated heterocycles. The SMILES string of the molecule is CCCCCCC=C[C@H]1CCC(=O)[C@@H]1CCCCCCC(=O)C(=O)OC(C)O. The van der Waals surface area contributed by atoms with Gasteiger partial charge in [0, 0.05) is 18.8 Å². The zero-order valence-corrected chi connectivity index (χ0v) is 17.7. The lowest BCUT2D eigenvalue weighted by Crippen LogP contribution is -2.22. The van der Waals surface area contributed by atoms with Gasteiger partial charge in [-0.2, -0.15) is 0 Å². The van der Waals surface area contributed by atoms with Gasteiger partial charge in [0.1, 0.15) is 5.78 Å². The summed E-state index contributed by atoms with van der Waals surface area (Å²) in [6.45, 7) is 3.51. The third-order valence-corrected chi connectivity index (χ3v) is 5.44. The zero-order valence-electron chi connectivity index (χ0n) is 17.7. The molecule has 3 atom stereocenters. The Labute approximate surface area is 169 Å². The number of Topliss-reactive ketones (excluding diaryl/α,β-unsaturated/α-hetero) is 2. The van der Waals surface area contributed by atoms with Crippen LogP contribution < -0.4 is 0 Å². The van der Waals surface area contributed by atoms with E-state index in [1.165, 1.54) is 32.6 Å². The van der Waals surface area contributed by atoms with Gasteiger partial charge in [-0.15, -0.1) is 0 Å². The lowest BCUT2D eigenvalue weighted by atomic mass is 9.89. The first kappa shape index (κ1) is 24.5. The van der Waals surface area contributed by atoms with Crippen molar-refractivity contribution >= 4 is 17.5 Å².